The van der Waals surface area contributed by atoms with Crippen LogP contribution in [0.15, 0.2) is 79.0 Å². The van der Waals surface area contributed by atoms with Gasteiger partial charge in [0.15, 0.2) is 0 Å². The van der Waals surface area contributed by atoms with Gasteiger partial charge in [-0.15, -0.1) is 0 Å². The molecule has 27 heavy (non-hydrogen) atoms. The molecule has 136 valence electrons. The van der Waals surface area contributed by atoms with Gasteiger partial charge in [-0.3, -0.25) is 0 Å². The first kappa shape index (κ1) is 17.9. The van der Waals surface area contributed by atoms with Crippen LogP contribution in [0.4, 0.5) is 11.4 Å². The Labute approximate surface area is 172 Å². The van der Waals surface area contributed by atoms with E-state index in [4.69, 9.17) is 4.74 Å². The topological polar surface area (TPSA) is 37.0 Å². The van der Waals surface area contributed by atoms with Crippen LogP contribution in [0.5, 0.6) is 5.75 Å². The van der Waals surface area contributed by atoms with E-state index in [-0.39, 0.29) is 0 Å². The minimum absolute atomic E-state index is 0.709. The number of rotatable bonds is 7. The van der Waals surface area contributed by atoms with Crippen molar-refractivity contribution in [3.05, 3.63) is 88.1 Å². The number of aryl methyl sites for hydroxylation is 1. The van der Waals surface area contributed by atoms with Crippen LogP contribution in [0.1, 0.15) is 12.0 Å². The van der Waals surface area contributed by atoms with Crippen molar-refractivity contribution < 1.29 is 4.74 Å². The molecule has 4 rings (SSSR count). The van der Waals surface area contributed by atoms with Crippen molar-refractivity contribution in [2.24, 2.45) is 0 Å². The zero-order valence-corrected chi connectivity index (χ0v) is 17.1. The number of para-hydroxylation sites is 2. The predicted octanol–water partition coefficient (Wildman–Crippen LogP) is 6.53. The van der Waals surface area contributed by atoms with E-state index < -0.39 is 0 Å². The zero-order chi connectivity index (χ0) is 18.5. The molecule has 0 saturated heterocycles. The summed E-state index contributed by atoms with van der Waals surface area (Å²) in [5.74, 6) is 0.914. The molecule has 0 amide bonds. The molecule has 3 nitrogen and oxygen atoms in total. The first-order valence-corrected chi connectivity index (χ1v) is 10.2. The largest absolute Gasteiger partial charge is 0.494 e. The molecule has 0 fully saturated rings. The summed E-state index contributed by atoms with van der Waals surface area (Å²) in [5, 5.41) is 4.74. The van der Waals surface area contributed by atoms with Gasteiger partial charge in [-0.2, -0.15) is 0 Å². The number of anilines is 2. The lowest BCUT2D eigenvalue weighted by Gasteiger charge is -2.11. The van der Waals surface area contributed by atoms with Gasteiger partial charge in [0, 0.05) is 26.4 Å². The molecule has 0 radical (unpaired) electrons. The molecule has 0 bridgehead atoms. The molecule has 0 spiro atoms. The van der Waals surface area contributed by atoms with Gasteiger partial charge in [-0.05, 0) is 77.4 Å². The fourth-order valence-corrected chi connectivity index (χ4v) is 3.78. The first-order valence-electron chi connectivity index (χ1n) is 9.09. The third kappa shape index (κ3) is 4.45. The quantitative estimate of drug-likeness (QED) is 0.239. The Kier molecular flexibility index (Phi) is 5.63. The maximum absolute atomic E-state index is 5.96. The molecular weight excluding hydrogens is 447 g/mol. The summed E-state index contributed by atoms with van der Waals surface area (Å²) in [6.07, 6.45) is 4.11. The van der Waals surface area contributed by atoms with Crippen molar-refractivity contribution in [1.82, 2.24) is 4.98 Å². The van der Waals surface area contributed by atoms with E-state index in [1.807, 2.05) is 24.3 Å². The number of fused-ring (bicyclic) bond motifs is 1. The average molecular weight is 468 g/mol. The van der Waals surface area contributed by atoms with E-state index in [9.17, 15) is 0 Å². The highest BCUT2D eigenvalue weighted by molar-refractivity contribution is 14.1. The second kappa shape index (κ2) is 8.48. The Morgan fingerprint density at radius 3 is 2.59 bits per heavy atom. The van der Waals surface area contributed by atoms with Gasteiger partial charge >= 0.3 is 0 Å². The highest BCUT2D eigenvalue weighted by Gasteiger charge is 2.05. The van der Waals surface area contributed by atoms with Gasteiger partial charge in [-0.1, -0.05) is 36.4 Å². The summed E-state index contributed by atoms with van der Waals surface area (Å²) in [6.45, 7) is 0.709. The minimum Gasteiger partial charge on any atom is -0.494 e. The number of hydrogen-bond donors (Lipinski definition) is 2. The minimum atomic E-state index is 0.709. The summed E-state index contributed by atoms with van der Waals surface area (Å²) >= 11 is 2.35. The summed E-state index contributed by atoms with van der Waals surface area (Å²) in [5.41, 5.74) is 4.73. The van der Waals surface area contributed by atoms with E-state index >= 15 is 0 Å². The van der Waals surface area contributed by atoms with Gasteiger partial charge in [0.2, 0.25) is 0 Å². The Balaban J connectivity index is 1.31. The van der Waals surface area contributed by atoms with Crippen molar-refractivity contribution in [1.29, 1.82) is 0 Å². The van der Waals surface area contributed by atoms with Crippen molar-refractivity contribution >= 4 is 44.9 Å². The average Bonchev–Trinajstić information content (AvgIpc) is 3.11. The highest BCUT2D eigenvalue weighted by atomic mass is 127. The summed E-state index contributed by atoms with van der Waals surface area (Å²) < 4.78 is 7.10. The predicted molar refractivity (Wildman–Crippen MR) is 121 cm³/mol. The lowest BCUT2D eigenvalue weighted by atomic mass is 10.1. The zero-order valence-electron chi connectivity index (χ0n) is 14.9. The summed E-state index contributed by atoms with van der Waals surface area (Å²) in [7, 11) is 0. The number of benzene rings is 3. The number of aromatic amines is 1. The summed E-state index contributed by atoms with van der Waals surface area (Å²) in [6, 6.07) is 24.8. The van der Waals surface area contributed by atoms with Crippen LogP contribution >= 0.6 is 22.6 Å². The van der Waals surface area contributed by atoms with Crippen LogP contribution in [0.2, 0.25) is 0 Å². The third-order valence-corrected chi connectivity index (χ3v) is 5.42. The van der Waals surface area contributed by atoms with E-state index in [1.165, 1.54) is 16.5 Å². The molecule has 1 heterocycles. The normalized spacial score (nSPS) is 10.9. The number of H-pyrrole nitrogens is 1. The number of ether oxygens (including phenoxy) is 1. The van der Waals surface area contributed by atoms with Crippen molar-refractivity contribution in [3.8, 4) is 5.75 Å². The first-order chi connectivity index (χ1) is 13.3. The van der Waals surface area contributed by atoms with E-state index in [2.05, 4.69) is 87.6 Å². The van der Waals surface area contributed by atoms with E-state index in [0.717, 1.165) is 33.5 Å². The molecule has 0 aliphatic carbocycles. The molecule has 0 aliphatic heterocycles. The van der Waals surface area contributed by atoms with Gasteiger partial charge in [0.1, 0.15) is 5.75 Å². The molecule has 2 N–H and O–H groups in total. The second-order valence-electron chi connectivity index (χ2n) is 6.44. The number of hydrogen-bond acceptors (Lipinski definition) is 2. The van der Waals surface area contributed by atoms with Crippen molar-refractivity contribution in [2.75, 3.05) is 11.9 Å². The molecule has 1 aromatic heterocycles. The number of aromatic nitrogens is 1. The molecular formula is C23H21IN2O. The lowest BCUT2D eigenvalue weighted by Crippen LogP contribution is -2.00. The van der Waals surface area contributed by atoms with Crippen LogP contribution in [-0.2, 0) is 6.42 Å². The van der Waals surface area contributed by atoms with Crippen LogP contribution in [0.25, 0.3) is 10.9 Å². The van der Waals surface area contributed by atoms with Crippen LogP contribution in [0, 0.1) is 3.57 Å². The molecule has 0 aliphatic rings. The smallest absolute Gasteiger partial charge is 0.120 e. The van der Waals surface area contributed by atoms with E-state index in [1.54, 1.807) is 0 Å². The maximum atomic E-state index is 5.96. The van der Waals surface area contributed by atoms with Gasteiger partial charge in [0.05, 0.1) is 12.3 Å². The molecule has 3 aromatic carbocycles. The summed E-state index contributed by atoms with van der Waals surface area (Å²) in [4.78, 5) is 3.33. The van der Waals surface area contributed by atoms with Crippen LogP contribution < -0.4 is 10.1 Å². The Bertz CT molecular complexity index is 1030. The SMILES string of the molecule is Ic1cc(OCCCc2c[nH]c3ccccc23)ccc1Nc1ccccc1. The number of nitrogens with one attached hydrogen (secondary N) is 2. The van der Waals surface area contributed by atoms with Gasteiger partial charge < -0.3 is 15.0 Å². The molecule has 0 unspecified atom stereocenters. The monoisotopic (exact) mass is 468 g/mol. The fraction of sp³-hybridized carbons (Fsp3) is 0.130. The van der Waals surface area contributed by atoms with Crippen LogP contribution in [0.3, 0.4) is 0 Å². The van der Waals surface area contributed by atoms with E-state index in [0.29, 0.717) is 6.61 Å². The van der Waals surface area contributed by atoms with Gasteiger partial charge in [-0.25, -0.2) is 0 Å². The fourth-order valence-electron chi connectivity index (χ4n) is 3.16. The molecule has 0 saturated carbocycles. The molecule has 4 heteroatoms. The Hall–Kier alpha value is -2.47. The molecule has 4 aromatic rings. The van der Waals surface area contributed by atoms with Gasteiger partial charge in [0.25, 0.3) is 0 Å². The van der Waals surface area contributed by atoms with Crippen molar-refractivity contribution in [2.45, 2.75) is 12.8 Å². The second-order valence-corrected chi connectivity index (χ2v) is 7.61. The van der Waals surface area contributed by atoms with Crippen LogP contribution in [-0.4, -0.2) is 11.6 Å². The molecule has 0 atom stereocenters. The Morgan fingerprint density at radius 2 is 1.74 bits per heavy atom. The maximum Gasteiger partial charge on any atom is 0.120 e. The standard InChI is InChI=1S/C23H21IN2O/c24-21-15-19(12-13-23(21)26-18-8-2-1-3-9-18)27-14-6-7-17-16-25-22-11-5-4-10-20(17)22/h1-5,8-13,15-16,25-26H,6-7,14H2. The highest BCUT2D eigenvalue weighted by Crippen LogP contribution is 2.27. The number of halogens is 1. The Morgan fingerprint density at radius 1 is 0.926 bits per heavy atom. The lowest BCUT2D eigenvalue weighted by molar-refractivity contribution is 0.311. The third-order valence-electron chi connectivity index (χ3n) is 4.53. The van der Waals surface area contributed by atoms with Crippen molar-refractivity contribution in [3.63, 3.8) is 0 Å².